The summed E-state index contributed by atoms with van der Waals surface area (Å²) in [5, 5.41) is 9.12. The molecule has 0 aliphatic heterocycles. The van der Waals surface area contributed by atoms with Gasteiger partial charge in [0.25, 0.3) is 0 Å². The van der Waals surface area contributed by atoms with E-state index >= 15 is 0 Å². The molecule has 1 unspecified atom stereocenters. The zero-order valence-electron chi connectivity index (χ0n) is 7.45. The van der Waals surface area contributed by atoms with Crippen LogP contribution < -0.4 is 9.47 Å². The summed E-state index contributed by atoms with van der Waals surface area (Å²) >= 11 is 5.51. The second-order valence-electron chi connectivity index (χ2n) is 2.48. The number of hydrogen-bond acceptors (Lipinski definition) is 3. The summed E-state index contributed by atoms with van der Waals surface area (Å²) in [4.78, 5) is 0. The molecule has 1 atom stereocenters. The molecule has 0 spiro atoms. The van der Waals surface area contributed by atoms with Gasteiger partial charge in [-0.3, -0.25) is 0 Å². The number of ether oxygens (including phenoxy) is 2. The standard InChI is InChI=1S/C9H11ClO3/c1-12-7-3-6(9(10)11)4-8(5-7)13-2/h3-5,9,11H,1-2H3. The maximum Gasteiger partial charge on any atom is 0.153 e. The van der Waals surface area contributed by atoms with Crippen LogP contribution in [0, 0.1) is 0 Å². The molecule has 13 heavy (non-hydrogen) atoms. The Morgan fingerprint density at radius 3 is 1.92 bits per heavy atom. The van der Waals surface area contributed by atoms with Gasteiger partial charge in [-0.2, -0.15) is 0 Å². The molecule has 0 aromatic heterocycles. The summed E-state index contributed by atoms with van der Waals surface area (Å²) in [6, 6.07) is 5.02. The van der Waals surface area contributed by atoms with E-state index in [0.717, 1.165) is 0 Å². The van der Waals surface area contributed by atoms with Gasteiger partial charge in [-0.25, -0.2) is 0 Å². The fourth-order valence-electron chi connectivity index (χ4n) is 0.967. The van der Waals surface area contributed by atoms with E-state index in [0.29, 0.717) is 17.1 Å². The predicted molar refractivity (Wildman–Crippen MR) is 50.4 cm³/mol. The number of halogens is 1. The first-order chi connectivity index (χ1) is 6.17. The minimum atomic E-state index is -1.04. The summed E-state index contributed by atoms with van der Waals surface area (Å²) in [6.07, 6.45) is 0. The molecule has 72 valence electrons. The van der Waals surface area contributed by atoms with E-state index in [2.05, 4.69) is 0 Å². The van der Waals surface area contributed by atoms with E-state index in [1.54, 1.807) is 32.4 Å². The number of rotatable bonds is 3. The van der Waals surface area contributed by atoms with Crippen LogP contribution >= 0.6 is 11.6 Å². The Balaban J connectivity index is 3.07. The van der Waals surface area contributed by atoms with E-state index in [-0.39, 0.29) is 0 Å². The van der Waals surface area contributed by atoms with Crippen molar-refractivity contribution in [2.24, 2.45) is 0 Å². The van der Waals surface area contributed by atoms with Gasteiger partial charge in [0, 0.05) is 11.6 Å². The molecule has 0 saturated carbocycles. The molecule has 0 amide bonds. The van der Waals surface area contributed by atoms with Gasteiger partial charge in [0.15, 0.2) is 5.56 Å². The van der Waals surface area contributed by atoms with Crippen molar-refractivity contribution in [3.05, 3.63) is 23.8 Å². The number of aliphatic hydroxyl groups is 1. The molecule has 1 aromatic carbocycles. The fourth-order valence-corrected chi connectivity index (χ4v) is 1.09. The van der Waals surface area contributed by atoms with Crippen molar-refractivity contribution in [3.63, 3.8) is 0 Å². The van der Waals surface area contributed by atoms with Crippen molar-refractivity contribution in [2.75, 3.05) is 14.2 Å². The zero-order chi connectivity index (χ0) is 9.84. The molecule has 0 aliphatic carbocycles. The van der Waals surface area contributed by atoms with Crippen molar-refractivity contribution >= 4 is 11.6 Å². The first-order valence-corrected chi connectivity index (χ1v) is 4.16. The maximum absolute atomic E-state index is 9.12. The summed E-state index contributed by atoms with van der Waals surface area (Å²) in [5.41, 5.74) is -0.484. The Kier molecular flexibility index (Phi) is 3.39. The lowest BCUT2D eigenvalue weighted by atomic mass is 10.2. The van der Waals surface area contributed by atoms with Crippen molar-refractivity contribution in [1.29, 1.82) is 0 Å². The molecular formula is C9H11ClO3. The third-order valence-electron chi connectivity index (χ3n) is 1.65. The van der Waals surface area contributed by atoms with Crippen LogP contribution in [-0.2, 0) is 0 Å². The van der Waals surface area contributed by atoms with E-state index in [1.807, 2.05) is 0 Å². The molecule has 0 bridgehead atoms. The van der Waals surface area contributed by atoms with Crippen LogP contribution in [0.4, 0.5) is 0 Å². The Hall–Kier alpha value is -0.930. The largest absolute Gasteiger partial charge is 0.497 e. The topological polar surface area (TPSA) is 38.7 Å². The van der Waals surface area contributed by atoms with Crippen molar-refractivity contribution < 1.29 is 14.6 Å². The lowest BCUT2D eigenvalue weighted by Crippen LogP contribution is -1.93. The molecular weight excluding hydrogens is 192 g/mol. The number of alkyl halides is 1. The van der Waals surface area contributed by atoms with Crippen LogP contribution in [0.2, 0.25) is 0 Å². The second-order valence-corrected chi connectivity index (χ2v) is 2.90. The third kappa shape index (κ3) is 2.50. The normalized spacial score (nSPS) is 12.3. The number of hydrogen-bond donors (Lipinski definition) is 1. The van der Waals surface area contributed by atoms with Gasteiger partial charge in [-0.15, -0.1) is 0 Å². The SMILES string of the molecule is COc1cc(OC)cc(C(O)Cl)c1. The lowest BCUT2D eigenvalue weighted by molar-refractivity contribution is 0.261. The van der Waals surface area contributed by atoms with Crippen LogP contribution in [0.3, 0.4) is 0 Å². The molecule has 0 aliphatic rings. The highest BCUT2D eigenvalue weighted by atomic mass is 35.5. The highest BCUT2D eigenvalue weighted by Gasteiger charge is 2.07. The van der Waals surface area contributed by atoms with E-state index in [4.69, 9.17) is 26.2 Å². The van der Waals surface area contributed by atoms with Gasteiger partial charge in [-0.05, 0) is 12.1 Å². The Morgan fingerprint density at radius 2 is 1.62 bits per heavy atom. The first kappa shape index (κ1) is 10.2. The van der Waals surface area contributed by atoms with E-state index < -0.39 is 5.56 Å². The second kappa shape index (κ2) is 4.35. The molecule has 0 saturated heterocycles. The summed E-state index contributed by atoms with van der Waals surface area (Å²) in [7, 11) is 3.08. The molecule has 1 N–H and O–H groups in total. The molecule has 1 rings (SSSR count). The molecule has 3 nitrogen and oxygen atoms in total. The van der Waals surface area contributed by atoms with Gasteiger partial charge >= 0.3 is 0 Å². The highest BCUT2D eigenvalue weighted by Crippen LogP contribution is 2.27. The third-order valence-corrected chi connectivity index (χ3v) is 1.90. The fraction of sp³-hybridized carbons (Fsp3) is 0.333. The van der Waals surface area contributed by atoms with Crippen LogP contribution in [0.15, 0.2) is 18.2 Å². The lowest BCUT2D eigenvalue weighted by Gasteiger charge is -2.08. The average Bonchev–Trinajstić information content (AvgIpc) is 2.16. The molecule has 0 radical (unpaired) electrons. The van der Waals surface area contributed by atoms with Crippen molar-refractivity contribution in [3.8, 4) is 11.5 Å². The van der Waals surface area contributed by atoms with Crippen LogP contribution in [0.1, 0.15) is 11.1 Å². The molecule has 0 fully saturated rings. The van der Waals surface area contributed by atoms with Crippen molar-refractivity contribution in [1.82, 2.24) is 0 Å². The molecule has 4 heteroatoms. The van der Waals surface area contributed by atoms with Gasteiger partial charge in [0.05, 0.1) is 14.2 Å². The minimum absolute atomic E-state index is 0.554. The quantitative estimate of drug-likeness (QED) is 0.762. The summed E-state index contributed by atoms with van der Waals surface area (Å²) < 4.78 is 10.00. The van der Waals surface area contributed by atoms with Gasteiger partial charge < -0.3 is 14.6 Å². The first-order valence-electron chi connectivity index (χ1n) is 3.72. The Morgan fingerprint density at radius 1 is 1.15 bits per heavy atom. The van der Waals surface area contributed by atoms with Crippen molar-refractivity contribution in [2.45, 2.75) is 5.56 Å². The Bertz CT molecular complexity index is 264. The van der Waals surface area contributed by atoms with Gasteiger partial charge in [-0.1, -0.05) is 11.6 Å². The smallest absolute Gasteiger partial charge is 0.153 e. The maximum atomic E-state index is 9.12. The minimum Gasteiger partial charge on any atom is -0.497 e. The summed E-state index contributed by atoms with van der Waals surface area (Å²) in [6.45, 7) is 0. The molecule has 1 aromatic rings. The zero-order valence-corrected chi connectivity index (χ0v) is 8.21. The van der Waals surface area contributed by atoms with Crippen LogP contribution in [0.25, 0.3) is 0 Å². The molecule has 0 heterocycles. The number of aliphatic hydroxyl groups excluding tert-OH is 1. The van der Waals surface area contributed by atoms with Gasteiger partial charge in [0.1, 0.15) is 11.5 Å². The van der Waals surface area contributed by atoms with E-state index in [1.165, 1.54) is 0 Å². The number of benzene rings is 1. The summed E-state index contributed by atoms with van der Waals surface area (Å²) in [5.74, 6) is 1.21. The monoisotopic (exact) mass is 202 g/mol. The van der Waals surface area contributed by atoms with E-state index in [9.17, 15) is 0 Å². The Labute approximate surface area is 81.9 Å². The van der Waals surface area contributed by atoms with Crippen LogP contribution in [-0.4, -0.2) is 19.3 Å². The highest BCUT2D eigenvalue weighted by molar-refractivity contribution is 6.19. The average molecular weight is 203 g/mol. The van der Waals surface area contributed by atoms with Crippen LogP contribution in [0.5, 0.6) is 11.5 Å². The van der Waals surface area contributed by atoms with Gasteiger partial charge in [0.2, 0.25) is 0 Å². The number of methoxy groups -OCH3 is 2. The predicted octanol–water partition coefficient (Wildman–Crippen LogP) is 1.93.